The van der Waals surface area contributed by atoms with Crippen molar-refractivity contribution in [2.75, 3.05) is 18.5 Å². The lowest BCUT2D eigenvalue weighted by molar-refractivity contribution is 0.0632. The summed E-state index contributed by atoms with van der Waals surface area (Å²) in [5.41, 5.74) is 7.51. The second kappa shape index (κ2) is 8.76. The normalized spacial score (nSPS) is 24.4. The van der Waals surface area contributed by atoms with Crippen molar-refractivity contribution in [1.82, 2.24) is 15.3 Å². The smallest absolute Gasteiger partial charge is 0.215 e. The van der Waals surface area contributed by atoms with Crippen LogP contribution in [0, 0.1) is 5.82 Å². The number of anilines is 1. The molecule has 158 valence electrons. The van der Waals surface area contributed by atoms with Gasteiger partial charge in [-0.1, -0.05) is 19.1 Å². The maximum absolute atomic E-state index is 13.4. The highest BCUT2D eigenvalue weighted by Gasteiger charge is 2.37. The van der Waals surface area contributed by atoms with E-state index in [-0.39, 0.29) is 17.8 Å². The molecule has 2 aromatic rings. The van der Waals surface area contributed by atoms with E-state index in [0.29, 0.717) is 24.1 Å². The van der Waals surface area contributed by atoms with Crippen LogP contribution in [0.5, 0.6) is 0 Å². The molecule has 3 heterocycles. The van der Waals surface area contributed by atoms with E-state index < -0.39 is 5.79 Å². The molecule has 8 nitrogen and oxygen atoms in total. The Morgan fingerprint density at radius 2 is 2.20 bits per heavy atom. The van der Waals surface area contributed by atoms with Crippen LogP contribution in [0.1, 0.15) is 31.2 Å². The first kappa shape index (κ1) is 20.2. The standard InChI is InChI=1S/C21H25FN6O2/c1-14(15-4-6-16(22)7-5-15)21(23)27-18(26-19-12-24-8-9-25-19)11-20(28-21)30-13-17-3-2-10-29-17/h4-9,11-12,14,17,27H,2-3,10,13,23H2,1H3,(H,25,26)/t14-,17?,21?/m0/s1. The minimum absolute atomic E-state index is 0.0501. The van der Waals surface area contributed by atoms with Crippen LogP contribution in [0.2, 0.25) is 0 Å². The zero-order chi connectivity index (χ0) is 21.0. The van der Waals surface area contributed by atoms with E-state index in [2.05, 4.69) is 25.6 Å². The number of hydrogen-bond donors (Lipinski definition) is 3. The quantitative estimate of drug-likeness (QED) is 0.669. The van der Waals surface area contributed by atoms with Crippen LogP contribution < -0.4 is 16.4 Å². The van der Waals surface area contributed by atoms with Gasteiger partial charge < -0.3 is 20.1 Å². The van der Waals surface area contributed by atoms with Crippen molar-refractivity contribution in [1.29, 1.82) is 0 Å². The number of rotatable bonds is 6. The topological polar surface area (TPSA) is 107 Å². The molecule has 0 bridgehead atoms. The fourth-order valence-electron chi connectivity index (χ4n) is 3.43. The summed E-state index contributed by atoms with van der Waals surface area (Å²) in [5.74, 6) is -0.303. The summed E-state index contributed by atoms with van der Waals surface area (Å²) in [7, 11) is 0. The largest absolute Gasteiger partial charge is 0.475 e. The van der Waals surface area contributed by atoms with E-state index in [1.165, 1.54) is 12.1 Å². The number of nitrogens with one attached hydrogen (secondary N) is 2. The first-order valence-corrected chi connectivity index (χ1v) is 9.93. The van der Waals surface area contributed by atoms with Gasteiger partial charge in [0.2, 0.25) is 5.90 Å². The summed E-state index contributed by atoms with van der Waals surface area (Å²) in [6, 6.07) is 6.22. The zero-order valence-corrected chi connectivity index (χ0v) is 16.7. The molecule has 1 saturated heterocycles. The van der Waals surface area contributed by atoms with Crippen LogP contribution >= 0.6 is 0 Å². The van der Waals surface area contributed by atoms with E-state index in [4.69, 9.17) is 15.2 Å². The first-order valence-electron chi connectivity index (χ1n) is 9.93. The van der Waals surface area contributed by atoms with E-state index in [9.17, 15) is 4.39 Å². The second-order valence-electron chi connectivity index (χ2n) is 7.39. The third kappa shape index (κ3) is 4.74. The molecule has 9 heteroatoms. The van der Waals surface area contributed by atoms with Crippen LogP contribution in [0.15, 0.2) is 59.7 Å². The first-order chi connectivity index (χ1) is 14.5. The predicted molar refractivity (Wildman–Crippen MR) is 111 cm³/mol. The van der Waals surface area contributed by atoms with Crippen LogP contribution in [0.25, 0.3) is 0 Å². The molecule has 30 heavy (non-hydrogen) atoms. The number of benzene rings is 1. The van der Waals surface area contributed by atoms with Crippen molar-refractivity contribution in [3.63, 3.8) is 0 Å². The molecule has 1 aromatic carbocycles. The molecule has 2 aliphatic rings. The average Bonchev–Trinajstić information content (AvgIpc) is 3.26. The molecule has 1 aromatic heterocycles. The fraction of sp³-hybridized carbons (Fsp3) is 0.381. The van der Waals surface area contributed by atoms with Gasteiger partial charge in [-0.2, -0.15) is 0 Å². The Morgan fingerprint density at radius 3 is 2.90 bits per heavy atom. The highest BCUT2D eigenvalue weighted by molar-refractivity contribution is 5.90. The molecule has 4 N–H and O–H groups in total. The number of nitrogens with zero attached hydrogens (tertiary/aromatic N) is 3. The van der Waals surface area contributed by atoms with Gasteiger partial charge in [-0.25, -0.2) is 14.4 Å². The molecule has 0 radical (unpaired) electrons. The van der Waals surface area contributed by atoms with Gasteiger partial charge in [-0.05, 0) is 30.5 Å². The van der Waals surface area contributed by atoms with Crippen LogP contribution in [-0.4, -0.2) is 41.0 Å². The average molecular weight is 412 g/mol. The van der Waals surface area contributed by atoms with Gasteiger partial charge in [0.05, 0.1) is 12.3 Å². The summed E-state index contributed by atoms with van der Waals surface area (Å²) in [5, 5.41) is 6.37. The molecule has 4 rings (SSSR count). The summed E-state index contributed by atoms with van der Waals surface area (Å²) >= 11 is 0. The van der Waals surface area contributed by atoms with Crippen molar-refractivity contribution < 1.29 is 13.9 Å². The Bertz CT molecular complexity index is 915. The van der Waals surface area contributed by atoms with E-state index in [1.54, 1.807) is 36.8 Å². The predicted octanol–water partition coefficient (Wildman–Crippen LogP) is 2.48. The molecule has 1 fully saturated rings. The van der Waals surface area contributed by atoms with E-state index >= 15 is 0 Å². The third-order valence-corrected chi connectivity index (χ3v) is 5.20. The Hall–Kier alpha value is -3.04. The minimum Gasteiger partial charge on any atom is -0.475 e. The number of hydrogen-bond acceptors (Lipinski definition) is 8. The van der Waals surface area contributed by atoms with Crippen LogP contribution in [-0.2, 0) is 9.47 Å². The Morgan fingerprint density at radius 1 is 1.37 bits per heavy atom. The summed E-state index contributed by atoms with van der Waals surface area (Å²) < 4.78 is 24.9. The molecule has 0 saturated carbocycles. The van der Waals surface area contributed by atoms with Gasteiger partial charge in [-0.15, -0.1) is 0 Å². The lowest BCUT2D eigenvalue weighted by Crippen LogP contribution is -2.58. The minimum atomic E-state index is -1.22. The molecule has 3 atom stereocenters. The van der Waals surface area contributed by atoms with Gasteiger partial charge in [0, 0.05) is 31.0 Å². The van der Waals surface area contributed by atoms with Crippen molar-refractivity contribution in [2.45, 2.75) is 37.6 Å². The fourth-order valence-corrected chi connectivity index (χ4v) is 3.43. The number of ether oxygens (including phenoxy) is 2. The van der Waals surface area contributed by atoms with Crippen molar-refractivity contribution in [3.05, 3.63) is 66.1 Å². The molecule has 2 aliphatic heterocycles. The molecule has 0 amide bonds. The van der Waals surface area contributed by atoms with Gasteiger partial charge in [0.1, 0.15) is 24.1 Å². The van der Waals surface area contributed by atoms with E-state index in [1.807, 2.05) is 6.92 Å². The third-order valence-electron chi connectivity index (χ3n) is 5.20. The van der Waals surface area contributed by atoms with Gasteiger partial charge in [0.15, 0.2) is 5.79 Å². The molecule has 0 aliphatic carbocycles. The molecular formula is C21H25FN6O2. The second-order valence-corrected chi connectivity index (χ2v) is 7.39. The molecular weight excluding hydrogens is 387 g/mol. The van der Waals surface area contributed by atoms with Gasteiger partial charge >= 0.3 is 0 Å². The highest BCUT2D eigenvalue weighted by Crippen LogP contribution is 2.29. The number of nitrogens with two attached hydrogens (primary N) is 1. The number of aromatic nitrogens is 2. The number of aliphatic imine (C=N–C) groups is 1. The zero-order valence-electron chi connectivity index (χ0n) is 16.7. The lowest BCUT2D eigenvalue weighted by atomic mass is 9.93. The highest BCUT2D eigenvalue weighted by atomic mass is 19.1. The lowest BCUT2D eigenvalue weighted by Gasteiger charge is -2.37. The maximum Gasteiger partial charge on any atom is 0.215 e. The van der Waals surface area contributed by atoms with Crippen molar-refractivity contribution in [3.8, 4) is 0 Å². The van der Waals surface area contributed by atoms with Crippen molar-refractivity contribution in [2.24, 2.45) is 10.7 Å². The molecule has 2 unspecified atom stereocenters. The number of halogens is 1. The van der Waals surface area contributed by atoms with Gasteiger partial charge in [0.25, 0.3) is 0 Å². The summed E-state index contributed by atoms with van der Waals surface area (Å²) in [4.78, 5) is 12.9. The molecule has 0 spiro atoms. The Balaban J connectivity index is 1.57. The monoisotopic (exact) mass is 412 g/mol. The Kier molecular flexibility index (Phi) is 5.91. The Labute approximate surface area is 174 Å². The van der Waals surface area contributed by atoms with Crippen LogP contribution in [0.4, 0.5) is 10.2 Å². The van der Waals surface area contributed by atoms with E-state index in [0.717, 1.165) is 25.0 Å². The SMILES string of the molecule is C[C@@H](c1ccc(F)cc1)C1(N)N=C(OCC2CCCO2)C=C(Nc2cnccn2)N1. The van der Waals surface area contributed by atoms with Gasteiger partial charge in [-0.3, -0.25) is 10.7 Å². The summed E-state index contributed by atoms with van der Waals surface area (Å²) in [6.07, 6.45) is 8.55. The van der Waals surface area contributed by atoms with Crippen molar-refractivity contribution >= 4 is 11.7 Å². The summed E-state index contributed by atoms with van der Waals surface area (Å²) in [6.45, 7) is 3.07. The van der Waals surface area contributed by atoms with Crippen LogP contribution in [0.3, 0.4) is 0 Å². The maximum atomic E-state index is 13.4.